The third kappa shape index (κ3) is 4.14. The second-order valence-electron chi connectivity index (χ2n) is 4.75. The molecule has 2 N–H and O–H groups in total. The van der Waals surface area contributed by atoms with E-state index in [1.54, 1.807) is 7.11 Å². The Morgan fingerprint density at radius 2 is 1.80 bits per heavy atom. The quantitative estimate of drug-likeness (QED) is 0.902. The first-order valence-corrected chi connectivity index (χ1v) is 7.16. The highest BCUT2D eigenvalue weighted by Gasteiger charge is 2.10. The van der Waals surface area contributed by atoms with Crippen molar-refractivity contribution >= 4 is 23.2 Å². The van der Waals surface area contributed by atoms with Gasteiger partial charge in [-0.1, -0.05) is 35.3 Å². The summed E-state index contributed by atoms with van der Waals surface area (Å²) in [6, 6.07) is 13.3. The molecule has 106 valence electrons. The minimum Gasteiger partial charge on any atom is -0.496 e. The summed E-state index contributed by atoms with van der Waals surface area (Å²) < 4.78 is 5.34. The van der Waals surface area contributed by atoms with Crippen molar-refractivity contribution in [3.05, 3.63) is 63.6 Å². The number of hydrogen-bond donors (Lipinski definition) is 1. The topological polar surface area (TPSA) is 35.2 Å². The summed E-state index contributed by atoms with van der Waals surface area (Å²) in [5.41, 5.74) is 8.37. The highest BCUT2D eigenvalue weighted by atomic mass is 35.5. The van der Waals surface area contributed by atoms with Crippen LogP contribution in [0.15, 0.2) is 42.5 Å². The van der Waals surface area contributed by atoms with Crippen LogP contribution in [0.4, 0.5) is 0 Å². The van der Waals surface area contributed by atoms with Gasteiger partial charge in [-0.2, -0.15) is 0 Å². The summed E-state index contributed by atoms with van der Waals surface area (Å²) in [5.74, 6) is 0.816. The predicted octanol–water partition coefficient (Wildman–Crippen LogP) is 4.11. The first-order chi connectivity index (χ1) is 9.58. The smallest absolute Gasteiger partial charge is 0.122 e. The largest absolute Gasteiger partial charge is 0.496 e. The lowest BCUT2D eigenvalue weighted by Gasteiger charge is -2.15. The molecule has 0 radical (unpaired) electrons. The van der Waals surface area contributed by atoms with Crippen molar-refractivity contribution in [3.8, 4) is 5.75 Å². The number of halogens is 2. The Bertz CT molecular complexity index is 586. The molecule has 2 aromatic carbocycles. The van der Waals surface area contributed by atoms with Crippen LogP contribution < -0.4 is 10.5 Å². The van der Waals surface area contributed by atoms with E-state index in [2.05, 4.69) is 0 Å². The number of rotatable bonds is 5. The van der Waals surface area contributed by atoms with Crippen LogP contribution in [0.1, 0.15) is 11.1 Å². The summed E-state index contributed by atoms with van der Waals surface area (Å²) in [4.78, 5) is 0. The van der Waals surface area contributed by atoms with Crippen molar-refractivity contribution in [1.82, 2.24) is 0 Å². The van der Waals surface area contributed by atoms with Crippen molar-refractivity contribution < 1.29 is 4.74 Å². The third-order valence-electron chi connectivity index (χ3n) is 3.11. The molecule has 1 unspecified atom stereocenters. The maximum absolute atomic E-state index is 6.22. The van der Waals surface area contributed by atoms with E-state index in [4.69, 9.17) is 33.7 Å². The molecule has 0 spiro atoms. The normalized spacial score (nSPS) is 12.2. The molecule has 1 atom stereocenters. The van der Waals surface area contributed by atoms with Crippen molar-refractivity contribution in [2.45, 2.75) is 18.9 Å². The van der Waals surface area contributed by atoms with Crippen LogP contribution in [0.2, 0.25) is 10.0 Å². The molecule has 20 heavy (non-hydrogen) atoms. The Balaban J connectivity index is 2.08. The van der Waals surface area contributed by atoms with E-state index >= 15 is 0 Å². The zero-order valence-corrected chi connectivity index (χ0v) is 12.8. The standard InChI is InChI=1S/C16H17Cl2NO/c1-20-16-6-5-14(18)9-12(16)10-15(19)8-11-3-2-4-13(17)7-11/h2-7,9,15H,8,10,19H2,1H3. The summed E-state index contributed by atoms with van der Waals surface area (Å²) in [5, 5.41) is 1.42. The molecule has 0 bridgehead atoms. The molecular weight excluding hydrogens is 293 g/mol. The van der Waals surface area contributed by atoms with Crippen molar-refractivity contribution in [3.63, 3.8) is 0 Å². The first-order valence-electron chi connectivity index (χ1n) is 6.41. The van der Waals surface area contributed by atoms with Gasteiger partial charge in [-0.15, -0.1) is 0 Å². The van der Waals surface area contributed by atoms with Gasteiger partial charge in [0.15, 0.2) is 0 Å². The molecule has 2 aromatic rings. The molecule has 0 saturated carbocycles. The van der Waals surface area contributed by atoms with Gasteiger partial charge in [0.25, 0.3) is 0 Å². The molecule has 2 nitrogen and oxygen atoms in total. The Hall–Kier alpha value is -1.22. The van der Waals surface area contributed by atoms with Gasteiger partial charge >= 0.3 is 0 Å². The van der Waals surface area contributed by atoms with Crippen molar-refractivity contribution in [2.24, 2.45) is 5.73 Å². The van der Waals surface area contributed by atoms with E-state index in [0.29, 0.717) is 11.4 Å². The predicted molar refractivity (Wildman–Crippen MR) is 84.8 cm³/mol. The van der Waals surface area contributed by atoms with E-state index in [-0.39, 0.29) is 6.04 Å². The Labute approximate surface area is 129 Å². The van der Waals surface area contributed by atoms with Gasteiger partial charge in [0, 0.05) is 16.1 Å². The van der Waals surface area contributed by atoms with Gasteiger partial charge in [0.05, 0.1) is 7.11 Å². The summed E-state index contributed by atoms with van der Waals surface area (Å²) >= 11 is 12.0. The number of methoxy groups -OCH3 is 1. The average molecular weight is 310 g/mol. The van der Waals surface area contributed by atoms with Crippen molar-refractivity contribution in [2.75, 3.05) is 7.11 Å². The lowest BCUT2D eigenvalue weighted by atomic mass is 9.99. The minimum atomic E-state index is -0.0131. The summed E-state index contributed by atoms with van der Waals surface area (Å²) in [6.45, 7) is 0. The van der Waals surface area contributed by atoms with Gasteiger partial charge in [-0.25, -0.2) is 0 Å². The van der Waals surface area contributed by atoms with E-state index < -0.39 is 0 Å². The fourth-order valence-corrected chi connectivity index (χ4v) is 2.64. The highest BCUT2D eigenvalue weighted by molar-refractivity contribution is 6.30. The van der Waals surface area contributed by atoms with Gasteiger partial charge in [-0.05, 0) is 54.3 Å². The second kappa shape index (κ2) is 6.98. The first kappa shape index (κ1) is 15.2. The molecular formula is C16H17Cl2NO. The summed E-state index contributed by atoms with van der Waals surface area (Å²) in [7, 11) is 1.65. The maximum Gasteiger partial charge on any atom is 0.122 e. The molecule has 0 heterocycles. The Morgan fingerprint density at radius 1 is 1.05 bits per heavy atom. The molecule has 0 aliphatic carbocycles. The summed E-state index contributed by atoms with van der Waals surface area (Å²) in [6.07, 6.45) is 1.46. The molecule has 0 aromatic heterocycles. The van der Waals surface area contributed by atoms with Crippen LogP contribution in [0.3, 0.4) is 0 Å². The lowest BCUT2D eigenvalue weighted by molar-refractivity contribution is 0.408. The Kier molecular flexibility index (Phi) is 5.30. The van der Waals surface area contributed by atoms with Gasteiger partial charge in [0.2, 0.25) is 0 Å². The number of hydrogen-bond acceptors (Lipinski definition) is 2. The monoisotopic (exact) mass is 309 g/mol. The maximum atomic E-state index is 6.22. The van der Waals surface area contributed by atoms with E-state index in [9.17, 15) is 0 Å². The fourth-order valence-electron chi connectivity index (χ4n) is 2.23. The van der Waals surface area contributed by atoms with Crippen LogP contribution >= 0.6 is 23.2 Å². The number of ether oxygens (including phenoxy) is 1. The van der Waals surface area contributed by atoms with Crippen LogP contribution in [-0.2, 0) is 12.8 Å². The second-order valence-corrected chi connectivity index (χ2v) is 5.63. The molecule has 0 aliphatic heterocycles. The molecule has 0 fully saturated rings. The van der Waals surface area contributed by atoms with Gasteiger partial charge < -0.3 is 10.5 Å². The van der Waals surface area contributed by atoms with Crippen LogP contribution in [0, 0.1) is 0 Å². The van der Waals surface area contributed by atoms with Crippen LogP contribution in [0.25, 0.3) is 0 Å². The van der Waals surface area contributed by atoms with Crippen LogP contribution in [0.5, 0.6) is 5.75 Å². The number of benzene rings is 2. The third-order valence-corrected chi connectivity index (χ3v) is 3.58. The SMILES string of the molecule is COc1ccc(Cl)cc1CC(N)Cc1cccc(Cl)c1. The fraction of sp³-hybridized carbons (Fsp3) is 0.250. The molecule has 0 amide bonds. The Morgan fingerprint density at radius 3 is 2.50 bits per heavy atom. The van der Waals surface area contributed by atoms with Gasteiger partial charge in [-0.3, -0.25) is 0 Å². The highest BCUT2D eigenvalue weighted by Crippen LogP contribution is 2.24. The van der Waals surface area contributed by atoms with Crippen molar-refractivity contribution in [1.29, 1.82) is 0 Å². The molecule has 4 heteroatoms. The number of nitrogens with two attached hydrogens (primary N) is 1. The zero-order valence-electron chi connectivity index (χ0n) is 11.3. The lowest BCUT2D eigenvalue weighted by Crippen LogP contribution is -2.25. The molecule has 0 saturated heterocycles. The molecule has 2 rings (SSSR count). The van der Waals surface area contributed by atoms with Crippen LogP contribution in [-0.4, -0.2) is 13.2 Å². The van der Waals surface area contributed by atoms with Gasteiger partial charge in [0.1, 0.15) is 5.75 Å². The molecule has 0 aliphatic rings. The average Bonchev–Trinajstić information content (AvgIpc) is 2.38. The minimum absolute atomic E-state index is 0.0131. The van der Waals surface area contributed by atoms with E-state index in [1.807, 2.05) is 42.5 Å². The van der Waals surface area contributed by atoms with E-state index in [0.717, 1.165) is 28.3 Å². The van der Waals surface area contributed by atoms with E-state index in [1.165, 1.54) is 0 Å². The zero-order chi connectivity index (χ0) is 14.5.